The predicted molar refractivity (Wildman–Crippen MR) is 123 cm³/mol. The minimum Gasteiger partial charge on any atom is -0.497 e. The SMILES string of the molecule is COc1ccc(C(C)NC(=O)c2ccc(CN(c3ccccc3)S(C)(=O)=O)cc2)cc1. The largest absolute Gasteiger partial charge is 0.497 e. The predicted octanol–water partition coefficient (Wildman–Crippen LogP) is 4.15. The monoisotopic (exact) mass is 438 g/mol. The quantitative estimate of drug-likeness (QED) is 0.573. The number of anilines is 1. The lowest BCUT2D eigenvalue weighted by atomic mass is 10.1. The van der Waals surface area contributed by atoms with Gasteiger partial charge in [-0.25, -0.2) is 8.42 Å². The second kappa shape index (κ2) is 9.66. The molecule has 6 nitrogen and oxygen atoms in total. The highest BCUT2D eigenvalue weighted by molar-refractivity contribution is 7.92. The van der Waals surface area contributed by atoms with E-state index in [9.17, 15) is 13.2 Å². The van der Waals surface area contributed by atoms with Gasteiger partial charge in [-0.05, 0) is 54.4 Å². The molecule has 0 radical (unpaired) electrons. The van der Waals surface area contributed by atoms with Crippen LogP contribution >= 0.6 is 0 Å². The Morgan fingerprint density at radius 3 is 2.13 bits per heavy atom. The molecule has 7 heteroatoms. The number of hydrogen-bond acceptors (Lipinski definition) is 4. The molecule has 3 rings (SSSR count). The lowest BCUT2D eigenvalue weighted by Gasteiger charge is -2.22. The summed E-state index contributed by atoms with van der Waals surface area (Å²) in [5.74, 6) is 0.564. The van der Waals surface area contributed by atoms with Crippen molar-refractivity contribution < 1.29 is 17.9 Å². The third-order valence-electron chi connectivity index (χ3n) is 4.95. The first-order chi connectivity index (χ1) is 14.8. The van der Waals surface area contributed by atoms with Crippen LogP contribution in [0.2, 0.25) is 0 Å². The Hall–Kier alpha value is -3.32. The maximum absolute atomic E-state index is 12.6. The molecule has 0 spiro atoms. The van der Waals surface area contributed by atoms with E-state index in [2.05, 4.69) is 5.32 Å². The number of methoxy groups -OCH3 is 1. The van der Waals surface area contributed by atoms with Gasteiger partial charge in [0.1, 0.15) is 5.75 Å². The number of sulfonamides is 1. The summed E-state index contributed by atoms with van der Waals surface area (Å²) in [6.45, 7) is 2.10. The molecule has 0 saturated heterocycles. The molecular formula is C24H26N2O4S. The zero-order chi connectivity index (χ0) is 22.4. The molecule has 1 N–H and O–H groups in total. The van der Waals surface area contributed by atoms with Crippen molar-refractivity contribution in [2.24, 2.45) is 0 Å². The average molecular weight is 439 g/mol. The van der Waals surface area contributed by atoms with Crippen LogP contribution in [0.4, 0.5) is 5.69 Å². The third kappa shape index (κ3) is 5.86. The van der Waals surface area contributed by atoms with Crippen molar-refractivity contribution in [3.63, 3.8) is 0 Å². The molecule has 0 aliphatic carbocycles. The molecule has 162 valence electrons. The number of amides is 1. The van der Waals surface area contributed by atoms with Crippen LogP contribution in [0, 0.1) is 0 Å². The summed E-state index contributed by atoms with van der Waals surface area (Å²) in [5.41, 5.74) is 2.86. The van der Waals surface area contributed by atoms with Crippen molar-refractivity contribution >= 4 is 21.6 Å². The number of carbonyl (C=O) groups is 1. The number of benzene rings is 3. The van der Waals surface area contributed by atoms with Crippen molar-refractivity contribution in [2.75, 3.05) is 17.7 Å². The first-order valence-corrected chi connectivity index (χ1v) is 11.7. The Bertz CT molecular complexity index is 1110. The summed E-state index contributed by atoms with van der Waals surface area (Å²) < 4.78 is 31.0. The molecule has 3 aromatic rings. The van der Waals surface area contributed by atoms with Gasteiger partial charge in [0.15, 0.2) is 0 Å². The van der Waals surface area contributed by atoms with Crippen molar-refractivity contribution in [3.8, 4) is 5.75 Å². The molecule has 0 bridgehead atoms. The van der Waals surface area contributed by atoms with E-state index in [0.29, 0.717) is 11.3 Å². The molecule has 1 unspecified atom stereocenters. The summed E-state index contributed by atoms with van der Waals surface area (Å²) in [6.07, 6.45) is 1.18. The molecule has 0 heterocycles. The second-order valence-electron chi connectivity index (χ2n) is 7.27. The number of nitrogens with zero attached hydrogens (tertiary/aromatic N) is 1. The van der Waals surface area contributed by atoms with E-state index in [4.69, 9.17) is 4.74 Å². The number of carbonyl (C=O) groups excluding carboxylic acids is 1. The highest BCUT2D eigenvalue weighted by atomic mass is 32.2. The Morgan fingerprint density at radius 2 is 1.58 bits per heavy atom. The van der Waals surface area contributed by atoms with Crippen molar-refractivity contribution in [2.45, 2.75) is 19.5 Å². The molecular weight excluding hydrogens is 412 g/mol. The van der Waals surface area contributed by atoms with Crippen molar-refractivity contribution in [3.05, 3.63) is 95.6 Å². The van der Waals surface area contributed by atoms with E-state index in [-0.39, 0.29) is 18.5 Å². The van der Waals surface area contributed by atoms with Crippen LogP contribution in [0.5, 0.6) is 5.75 Å². The molecule has 0 aliphatic heterocycles. The van der Waals surface area contributed by atoms with Crippen molar-refractivity contribution in [1.29, 1.82) is 0 Å². The molecule has 1 atom stereocenters. The van der Waals surface area contributed by atoms with Gasteiger partial charge in [-0.1, -0.05) is 42.5 Å². The Labute approximate surface area is 183 Å². The van der Waals surface area contributed by atoms with Crippen LogP contribution in [0.3, 0.4) is 0 Å². The Morgan fingerprint density at radius 1 is 0.968 bits per heavy atom. The lowest BCUT2D eigenvalue weighted by molar-refractivity contribution is 0.0940. The topological polar surface area (TPSA) is 75.7 Å². The molecule has 31 heavy (non-hydrogen) atoms. The van der Waals surface area contributed by atoms with E-state index in [1.165, 1.54) is 10.6 Å². The van der Waals surface area contributed by atoms with Crippen LogP contribution in [0.15, 0.2) is 78.9 Å². The zero-order valence-electron chi connectivity index (χ0n) is 17.8. The average Bonchev–Trinajstić information content (AvgIpc) is 2.77. The van der Waals surface area contributed by atoms with Gasteiger partial charge >= 0.3 is 0 Å². The van der Waals surface area contributed by atoms with Gasteiger partial charge in [0, 0.05) is 5.56 Å². The maximum Gasteiger partial charge on any atom is 0.251 e. The number of hydrogen-bond donors (Lipinski definition) is 1. The lowest BCUT2D eigenvalue weighted by Crippen LogP contribution is -2.29. The highest BCUT2D eigenvalue weighted by Gasteiger charge is 2.18. The normalized spacial score (nSPS) is 12.1. The van der Waals surface area contributed by atoms with E-state index >= 15 is 0 Å². The maximum atomic E-state index is 12.6. The first kappa shape index (κ1) is 22.4. The first-order valence-electron chi connectivity index (χ1n) is 9.84. The fourth-order valence-corrected chi connectivity index (χ4v) is 4.07. The molecule has 0 saturated carbocycles. The molecule has 0 aromatic heterocycles. The van der Waals surface area contributed by atoms with E-state index in [1.54, 1.807) is 55.6 Å². The van der Waals surface area contributed by atoms with Crippen LogP contribution < -0.4 is 14.4 Å². The van der Waals surface area contributed by atoms with Crippen LogP contribution in [0.1, 0.15) is 34.5 Å². The van der Waals surface area contributed by atoms with Gasteiger partial charge < -0.3 is 10.1 Å². The second-order valence-corrected chi connectivity index (χ2v) is 9.18. The minimum absolute atomic E-state index is 0.170. The van der Waals surface area contributed by atoms with Gasteiger partial charge in [-0.3, -0.25) is 9.10 Å². The van der Waals surface area contributed by atoms with Gasteiger partial charge in [0.25, 0.3) is 5.91 Å². The van der Waals surface area contributed by atoms with E-state index in [1.807, 2.05) is 37.3 Å². The van der Waals surface area contributed by atoms with Gasteiger partial charge in [0.05, 0.1) is 31.6 Å². The fourth-order valence-electron chi connectivity index (χ4n) is 3.18. The van der Waals surface area contributed by atoms with Gasteiger partial charge in [0.2, 0.25) is 10.0 Å². The van der Waals surface area contributed by atoms with Crippen LogP contribution in [-0.2, 0) is 16.6 Å². The van der Waals surface area contributed by atoms with E-state index < -0.39 is 10.0 Å². The number of nitrogens with one attached hydrogen (secondary N) is 1. The highest BCUT2D eigenvalue weighted by Crippen LogP contribution is 2.21. The van der Waals surface area contributed by atoms with Gasteiger partial charge in [-0.15, -0.1) is 0 Å². The zero-order valence-corrected chi connectivity index (χ0v) is 18.6. The Kier molecular flexibility index (Phi) is 6.97. The standard InChI is InChI=1S/C24H26N2O4S/c1-18(20-13-15-23(30-2)16-14-20)25-24(27)21-11-9-19(10-12-21)17-26(31(3,28)29)22-7-5-4-6-8-22/h4-16,18H,17H2,1-3H3,(H,25,27). The van der Waals surface area contributed by atoms with Gasteiger partial charge in [-0.2, -0.15) is 0 Å². The van der Waals surface area contributed by atoms with Crippen molar-refractivity contribution in [1.82, 2.24) is 5.32 Å². The third-order valence-corrected chi connectivity index (χ3v) is 6.09. The number of ether oxygens (including phenoxy) is 1. The van der Waals surface area contributed by atoms with E-state index in [0.717, 1.165) is 16.9 Å². The summed E-state index contributed by atoms with van der Waals surface area (Å²) in [5, 5.41) is 2.97. The smallest absolute Gasteiger partial charge is 0.251 e. The molecule has 3 aromatic carbocycles. The number of rotatable bonds is 8. The summed E-state index contributed by atoms with van der Waals surface area (Å²) in [4.78, 5) is 12.6. The minimum atomic E-state index is -3.45. The summed E-state index contributed by atoms with van der Waals surface area (Å²) >= 11 is 0. The Balaban J connectivity index is 1.69. The molecule has 0 fully saturated rings. The number of para-hydroxylation sites is 1. The summed E-state index contributed by atoms with van der Waals surface area (Å²) in [6, 6.07) is 23.3. The van der Waals surface area contributed by atoms with Crippen LogP contribution in [0.25, 0.3) is 0 Å². The van der Waals surface area contributed by atoms with Crippen LogP contribution in [-0.4, -0.2) is 27.7 Å². The summed E-state index contributed by atoms with van der Waals surface area (Å²) in [7, 11) is -1.84. The molecule has 1 amide bonds. The molecule has 0 aliphatic rings. The fraction of sp³-hybridized carbons (Fsp3) is 0.208.